The van der Waals surface area contributed by atoms with Gasteiger partial charge in [0.05, 0.1) is 12.4 Å². The van der Waals surface area contributed by atoms with Gasteiger partial charge in [0.25, 0.3) is 0 Å². The molecule has 0 bridgehead atoms. The third-order valence-corrected chi connectivity index (χ3v) is 3.55. The molecule has 6 nitrogen and oxygen atoms in total. The van der Waals surface area contributed by atoms with Gasteiger partial charge in [0.15, 0.2) is 11.5 Å². The Morgan fingerprint density at radius 1 is 1.25 bits per heavy atom. The van der Waals surface area contributed by atoms with E-state index < -0.39 is 0 Å². The average molecular weight is 333 g/mol. The maximum Gasteiger partial charge on any atom is 0.224 e. The summed E-state index contributed by atoms with van der Waals surface area (Å²) in [6.07, 6.45) is 1.58. The lowest BCUT2D eigenvalue weighted by Crippen LogP contribution is -2.10. The highest BCUT2D eigenvalue weighted by Crippen LogP contribution is 2.24. The standard InChI is InChI=1S/C13H13BrN6/c1-7(8-2-4-9(14)5-3-8)18-12-10-11(17-6-16-10)19-13(15)20-12/h2-7H,1H3,(H4,15,16,17,18,19,20). The van der Waals surface area contributed by atoms with Crippen LogP contribution in [0.3, 0.4) is 0 Å². The SMILES string of the molecule is CC(Nc1nc(N)nc2nc[nH]c12)c1ccc(Br)cc1. The van der Waals surface area contributed by atoms with Gasteiger partial charge in [-0.05, 0) is 24.6 Å². The van der Waals surface area contributed by atoms with E-state index in [9.17, 15) is 0 Å². The summed E-state index contributed by atoms with van der Waals surface area (Å²) >= 11 is 3.43. The van der Waals surface area contributed by atoms with Crippen LogP contribution in [0.5, 0.6) is 0 Å². The van der Waals surface area contributed by atoms with Crippen molar-refractivity contribution in [1.82, 2.24) is 19.9 Å². The van der Waals surface area contributed by atoms with Crippen molar-refractivity contribution in [2.75, 3.05) is 11.1 Å². The molecule has 102 valence electrons. The number of hydrogen-bond acceptors (Lipinski definition) is 5. The normalized spacial score (nSPS) is 12.5. The van der Waals surface area contributed by atoms with Crippen molar-refractivity contribution in [2.24, 2.45) is 0 Å². The van der Waals surface area contributed by atoms with Crippen LogP contribution in [0.4, 0.5) is 11.8 Å². The van der Waals surface area contributed by atoms with E-state index in [2.05, 4.69) is 60.2 Å². The summed E-state index contributed by atoms with van der Waals surface area (Å²) in [5.74, 6) is 0.857. The molecule has 3 aromatic rings. The summed E-state index contributed by atoms with van der Waals surface area (Å²) in [6, 6.07) is 8.21. The number of nitrogens with two attached hydrogens (primary N) is 1. The molecule has 1 atom stereocenters. The van der Waals surface area contributed by atoms with Crippen LogP contribution in [0.2, 0.25) is 0 Å². The molecule has 0 spiro atoms. The first-order valence-corrected chi connectivity index (χ1v) is 6.91. The van der Waals surface area contributed by atoms with E-state index in [1.165, 1.54) is 0 Å². The fourth-order valence-electron chi connectivity index (χ4n) is 1.99. The Labute approximate surface area is 124 Å². The van der Waals surface area contributed by atoms with Crippen LogP contribution in [0, 0.1) is 0 Å². The van der Waals surface area contributed by atoms with Crippen LogP contribution < -0.4 is 11.1 Å². The van der Waals surface area contributed by atoms with E-state index in [1.54, 1.807) is 6.33 Å². The predicted molar refractivity (Wildman–Crippen MR) is 82.3 cm³/mol. The van der Waals surface area contributed by atoms with E-state index in [-0.39, 0.29) is 12.0 Å². The lowest BCUT2D eigenvalue weighted by Gasteiger charge is -2.15. The summed E-state index contributed by atoms with van der Waals surface area (Å²) in [5.41, 5.74) is 8.16. The predicted octanol–water partition coefficient (Wildman–Crippen LogP) is 2.87. The van der Waals surface area contributed by atoms with Crippen molar-refractivity contribution in [2.45, 2.75) is 13.0 Å². The van der Waals surface area contributed by atoms with Gasteiger partial charge in [-0.1, -0.05) is 28.1 Å². The molecule has 0 saturated carbocycles. The molecule has 0 amide bonds. The van der Waals surface area contributed by atoms with Crippen molar-refractivity contribution in [1.29, 1.82) is 0 Å². The number of H-pyrrole nitrogens is 1. The number of fused-ring (bicyclic) bond motifs is 1. The maximum atomic E-state index is 5.70. The van der Waals surface area contributed by atoms with Crippen LogP contribution in [-0.4, -0.2) is 19.9 Å². The van der Waals surface area contributed by atoms with Crippen LogP contribution >= 0.6 is 15.9 Å². The van der Waals surface area contributed by atoms with E-state index in [1.807, 2.05) is 12.1 Å². The van der Waals surface area contributed by atoms with E-state index in [0.717, 1.165) is 15.6 Å². The van der Waals surface area contributed by atoms with Gasteiger partial charge < -0.3 is 16.0 Å². The van der Waals surface area contributed by atoms with Gasteiger partial charge >= 0.3 is 0 Å². The Bertz CT molecular complexity index is 736. The molecular weight excluding hydrogens is 320 g/mol. The molecule has 0 aliphatic carbocycles. The zero-order chi connectivity index (χ0) is 14.1. The summed E-state index contributed by atoms with van der Waals surface area (Å²) in [6.45, 7) is 2.06. The number of anilines is 2. The Balaban J connectivity index is 1.92. The molecular formula is C13H13BrN6. The topological polar surface area (TPSA) is 92.5 Å². The number of rotatable bonds is 3. The third kappa shape index (κ3) is 2.44. The average Bonchev–Trinajstić information content (AvgIpc) is 2.87. The first kappa shape index (κ1) is 12.9. The molecule has 4 N–H and O–H groups in total. The smallest absolute Gasteiger partial charge is 0.224 e. The Morgan fingerprint density at radius 2 is 2.00 bits per heavy atom. The van der Waals surface area contributed by atoms with Gasteiger partial charge in [-0.25, -0.2) is 4.98 Å². The molecule has 0 radical (unpaired) electrons. The summed E-state index contributed by atoms with van der Waals surface area (Å²) in [7, 11) is 0. The van der Waals surface area contributed by atoms with E-state index in [0.29, 0.717) is 11.5 Å². The maximum absolute atomic E-state index is 5.70. The number of halogens is 1. The van der Waals surface area contributed by atoms with E-state index >= 15 is 0 Å². The second kappa shape index (κ2) is 5.09. The Hall–Kier alpha value is -2.15. The Morgan fingerprint density at radius 3 is 2.75 bits per heavy atom. The van der Waals surface area contributed by atoms with Crippen LogP contribution in [-0.2, 0) is 0 Å². The van der Waals surface area contributed by atoms with Crippen molar-refractivity contribution < 1.29 is 0 Å². The van der Waals surface area contributed by atoms with Gasteiger partial charge in [-0.2, -0.15) is 9.97 Å². The van der Waals surface area contributed by atoms with Crippen LogP contribution in [0.15, 0.2) is 35.1 Å². The third-order valence-electron chi connectivity index (χ3n) is 3.03. The number of hydrogen-bond donors (Lipinski definition) is 3. The van der Waals surface area contributed by atoms with Gasteiger partial charge in [0, 0.05) is 4.47 Å². The number of nitrogens with one attached hydrogen (secondary N) is 2. The van der Waals surface area contributed by atoms with Gasteiger partial charge in [-0.15, -0.1) is 0 Å². The van der Waals surface area contributed by atoms with Crippen molar-refractivity contribution in [3.05, 3.63) is 40.6 Å². The Kier molecular flexibility index (Phi) is 3.27. The molecule has 0 fully saturated rings. The molecule has 1 unspecified atom stereocenters. The molecule has 3 rings (SSSR count). The minimum Gasteiger partial charge on any atom is -0.368 e. The van der Waals surface area contributed by atoms with Crippen LogP contribution in [0.1, 0.15) is 18.5 Å². The molecule has 0 aliphatic heterocycles. The molecule has 0 saturated heterocycles. The van der Waals surface area contributed by atoms with Gasteiger partial charge in [0.2, 0.25) is 5.95 Å². The van der Waals surface area contributed by atoms with Crippen molar-refractivity contribution in [3.63, 3.8) is 0 Å². The first-order chi connectivity index (χ1) is 9.63. The second-order valence-corrected chi connectivity index (χ2v) is 5.36. The summed E-state index contributed by atoms with van der Waals surface area (Å²) in [4.78, 5) is 15.4. The van der Waals surface area contributed by atoms with Crippen molar-refractivity contribution >= 4 is 38.9 Å². The van der Waals surface area contributed by atoms with E-state index in [4.69, 9.17) is 5.73 Å². The molecule has 7 heteroatoms. The summed E-state index contributed by atoms with van der Waals surface area (Å²) < 4.78 is 1.05. The lowest BCUT2D eigenvalue weighted by molar-refractivity contribution is 0.875. The number of benzene rings is 1. The number of nitrogens with zero attached hydrogens (tertiary/aromatic N) is 3. The van der Waals surface area contributed by atoms with Gasteiger partial charge in [-0.3, -0.25) is 0 Å². The monoisotopic (exact) mass is 332 g/mol. The van der Waals surface area contributed by atoms with Crippen molar-refractivity contribution in [3.8, 4) is 0 Å². The highest BCUT2D eigenvalue weighted by Gasteiger charge is 2.12. The highest BCUT2D eigenvalue weighted by atomic mass is 79.9. The minimum atomic E-state index is 0.0869. The lowest BCUT2D eigenvalue weighted by atomic mass is 10.1. The zero-order valence-corrected chi connectivity index (χ0v) is 12.3. The zero-order valence-electron chi connectivity index (χ0n) is 10.8. The fourth-order valence-corrected chi connectivity index (χ4v) is 2.26. The molecule has 2 aromatic heterocycles. The van der Waals surface area contributed by atoms with Crippen LogP contribution in [0.25, 0.3) is 11.2 Å². The highest BCUT2D eigenvalue weighted by molar-refractivity contribution is 9.10. The quantitative estimate of drug-likeness (QED) is 0.685. The second-order valence-electron chi connectivity index (χ2n) is 4.45. The number of imidazole rings is 1. The fraction of sp³-hybridized carbons (Fsp3) is 0.154. The molecule has 20 heavy (non-hydrogen) atoms. The van der Waals surface area contributed by atoms with Gasteiger partial charge in [0.1, 0.15) is 5.52 Å². The molecule has 0 aliphatic rings. The largest absolute Gasteiger partial charge is 0.368 e. The molecule has 2 heterocycles. The number of aromatic amines is 1. The first-order valence-electron chi connectivity index (χ1n) is 6.12. The number of nitrogen functional groups attached to an aromatic ring is 1. The number of aromatic nitrogens is 4. The minimum absolute atomic E-state index is 0.0869. The molecule has 1 aromatic carbocycles. The summed E-state index contributed by atoms with van der Waals surface area (Å²) in [5, 5.41) is 3.33.